The molecule has 5 nitrogen and oxygen atoms in total. The molecule has 2 aromatic rings. The predicted molar refractivity (Wildman–Crippen MR) is 63.3 cm³/mol. The Balaban J connectivity index is 1.91. The van der Waals surface area contributed by atoms with Gasteiger partial charge in [0.1, 0.15) is 0 Å². The first-order chi connectivity index (χ1) is 8.74. The largest absolute Gasteiger partial charge is 0.478 e. The van der Waals surface area contributed by atoms with Crippen LogP contribution in [0.25, 0.3) is 11.5 Å². The zero-order valence-corrected chi connectivity index (χ0v) is 9.67. The third kappa shape index (κ3) is 1.88. The first-order valence-electron chi connectivity index (χ1n) is 5.91. The average molecular weight is 244 g/mol. The van der Waals surface area contributed by atoms with Gasteiger partial charge in [-0.2, -0.15) is 4.98 Å². The number of carbonyl (C=O) groups is 1. The van der Waals surface area contributed by atoms with Crippen LogP contribution in [0, 0.1) is 0 Å². The third-order valence-electron chi connectivity index (χ3n) is 3.27. The topological polar surface area (TPSA) is 76.2 Å². The Bertz CT molecular complexity index is 587. The van der Waals surface area contributed by atoms with Crippen molar-refractivity contribution in [3.63, 3.8) is 0 Å². The fourth-order valence-electron chi connectivity index (χ4n) is 1.97. The molecule has 1 aromatic carbocycles. The van der Waals surface area contributed by atoms with Gasteiger partial charge in [0.25, 0.3) is 5.89 Å². The minimum absolute atomic E-state index is 0.218. The summed E-state index contributed by atoms with van der Waals surface area (Å²) in [6.07, 6.45) is 3.42. The minimum atomic E-state index is -0.962. The predicted octanol–water partition coefficient (Wildman–Crippen LogP) is 2.70. The van der Waals surface area contributed by atoms with Crippen molar-refractivity contribution in [3.05, 3.63) is 35.7 Å². The number of hydrogen-bond acceptors (Lipinski definition) is 4. The van der Waals surface area contributed by atoms with Crippen molar-refractivity contribution >= 4 is 5.97 Å². The summed E-state index contributed by atoms with van der Waals surface area (Å²) in [7, 11) is 0. The second-order valence-electron chi connectivity index (χ2n) is 4.47. The highest BCUT2D eigenvalue weighted by molar-refractivity contribution is 5.88. The average Bonchev–Trinajstić information content (AvgIpc) is 2.76. The Morgan fingerprint density at radius 1 is 1.39 bits per heavy atom. The highest BCUT2D eigenvalue weighted by atomic mass is 16.5. The van der Waals surface area contributed by atoms with Gasteiger partial charge in [-0.3, -0.25) is 0 Å². The molecule has 0 unspecified atom stereocenters. The van der Waals surface area contributed by atoms with Crippen LogP contribution in [0.3, 0.4) is 0 Å². The molecule has 5 heteroatoms. The molecule has 1 aliphatic carbocycles. The van der Waals surface area contributed by atoms with E-state index in [1.54, 1.807) is 18.2 Å². The highest BCUT2D eigenvalue weighted by Crippen LogP contribution is 2.35. The molecule has 0 atom stereocenters. The van der Waals surface area contributed by atoms with Crippen molar-refractivity contribution in [1.29, 1.82) is 0 Å². The maximum atomic E-state index is 10.9. The molecule has 1 heterocycles. The fraction of sp³-hybridized carbons (Fsp3) is 0.308. The van der Waals surface area contributed by atoms with Gasteiger partial charge in [0.2, 0.25) is 0 Å². The van der Waals surface area contributed by atoms with E-state index in [-0.39, 0.29) is 5.56 Å². The van der Waals surface area contributed by atoms with Crippen LogP contribution in [-0.4, -0.2) is 21.2 Å². The van der Waals surface area contributed by atoms with Crippen LogP contribution in [0.15, 0.2) is 28.8 Å². The van der Waals surface area contributed by atoms with Crippen LogP contribution in [0.5, 0.6) is 0 Å². The zero-order chi connectivity index (χ0) is 12.5. The Labute approximate surface area is 103 Å². The monoisotopic (exact) mass is 244 g/mol. The SMILES string of the molecule is O=C(O)c1cccc(-c2nc(C3CCC3)no2)c1. The maximum absolute atomic E-state index is 10.9. The van der Waals surface area contributed by atoms with Crippen molar-refractivity contribution in [2.24, 2.45) is 0 Å². The molecule has 92 valence electrons. The Morgan fingerprint density at radius 3 is 2.89 bits per heavy atom. The van der Waals surface area contributed by atoms with Crippen LogP contribution in [-0.2, 0) is 0 Å². The molecule has 0 bridgehead atoms. The van der Waals surface area contributed by atoms with E-state index in [9.17, 15) is 4.79 Å². The second kappa shape index (κ2) is 4.25. The van der Waals surface area contributed by atoms with Gasteiger partial charge in [0.05, 0.1) is 5.56 Å². The molecule has 0 saturated heterocycles. The fourth-order valence-corrected chi connectivity index (χ4v) is 1.97. The number of rotatable bonds is 3. The van der Waals surface area contributed by atoms with E-state index < -0.39 is 5.97 Å². The van der Waals surface area contributed by atoms with Crippen molar-refractivity contribution in [3.8, 4) is 11.5 Å². The molecule has 3 rings (SSSR count). The number of nitrogens with zero attached hydrogens (tertiary/aromatic N) is 2. The molecule has 0 amide bonds. The zero-order valence-electron chi connectivity index (χ0n) is 9.67. The molecule has 1 fully saturated rings. The van der Waals surface area contributed by atoms with E-state index in [0.29, 0.717) is 17.4 Å². The van der Waals surface area contributed by atoms with E-state index in [0.717, 1.165) is 18.7 Å². The molecule has 0 aliphatic heterocycles. The lowest BCUT2D eigenvalue weighted by molar-refractivity contribution is 0.0697. The number of benzene rings is 1. The lowest BCUT2D eigenvalue weighted by Crippen LogP contribution is -2.10. The lowest BCUT2D eigenvalue weighted by atomic mass is 9.85. The number of carboxylic acids is 1. The Morgan fingerprint density at radius 2 is 2.22 bits per heavy atom. The van der Waals surface area contributed by atoms with Gasteiger partial charge in [-0.05, 0) is 31.0 Å². The van der Waals surface area contributed by atoms with E-state index in [1.807, 2.05) is 0 Å². The lowest BCUT2D eigenvalue weighted by Gasteiger charge is -2.20. The van der Waals surface area contributed by atoms with Gasteiger partial charge in [-0.15, -0.1) is 0 Å². The first-order valence-corrected chi connectivity index (χ1v) is 5.91. The van der Waals surface area contributed by atoms with Crippen molar-refractivity contribution in [2.75, 3.05) is 0 Å². The molecule has 1 aliphatic rings. The number of aromatic carboxylic acids is 1. The molecule has 1 N–H and O–H groups in total. The van der Waals surface area contributed by atoms with Crippen molar-refractivity contribution in [1.82, 2.24) is 10.1 Å². The number of aromatic nitrogens is 2. The second-order valence-corrected chi connectivity index (χ2v) is 4.47. The highest BCUT2D eigenvalue weighted by Gasteiger charge is 2.25. The molecular formula is C13H12N2O3. The van der Waals surface area contributed by atoms with Crippen molar-refractivity contribution in [2.45, 2.75) is 25.2 Å². The van der Waals surface area contributed by atoms with Crippen molar-refractivity contribution < 1.29 is 14.4 Å². The van der Waals surface area contributed by atoms with Gasteiger partial charge in [0.15, 0.2) is 5.82 Å². The quantitative estimate of drug-likeness (QED) is 0.898. The smallest absolute Gasteiger partial charge is 0.335 e. The van der Waals surface area contributed by atoms with E-state index >= 15 is 0 Å². The van der Waals surface area contributed by atoms with Gasteiger partial charge in [-0.1, -0.05) is 17.6 Å². The summed E-state index contributed by atoms with van der Waals surface area (Å²) in [5, 5.41) is 12.9. The summed E-state index contributed by atoms with van der Waals surface area (Å²) in [4.78, 5) is 15.2. The summed E-state index contributed by atoms with van der Waals surface area (Å²) in [6, 6.07) is 6.52. The molecule has 0 spiro atoms. The van der Waals surface area contributed by atoms with Crippen LogP contribution in [0.2, 0.25) is 0 Å². The third-order valence-corrected chi connectivity index (χ3v) is 3.27. The molecule has 18 heavy (non-hydrogen) atoms. The molecular weight excluding hydrogens is 232 g/mol. The minimum Gasteiger partial charge on any atom is -0.478 e. The summed E-state index contributed by atoms with van der Waals surface area (Å²) < 4.78 is 5.19. The molecule has 1 aromatic heterocycles. The van der Waals surface area contributed by atoms with Crippen LogP contribution in [0.4, 0.5) is 0 Å². The van der Waals surface area contributed by atoms with Crippen LogP contribution >= 0.6 is 0 Å². The Kier molecular flexibility index (Phi) is 2.59. The normalized spacial score (nSPS) is 15.3. The molecule has 0 radical (unpaired) electrons. The van der Waals surface area contributed by atoms with Gasteiger partial charge >= 0.3 is 5.97 Å². The van der Waals surface area contributed by atoms with E-state index in [2.05, 4.69) is 10.1 Å². The number of hydrogen-bond donors (Lipinski definition) is 1. The van der Waals surface area contributed by atoms with Gasteiger partial charge in [-0.25, -0.2) is 4.79 Å². The van der Waals surface area contributed by atoms with Crippen LogP contribution < -0.4 is 0 Å². The summed E-state index contributed by atoms with van der Waals surface area (Å²) in [6.45, 7) is 0. The Hall–Kier alpha value is -2.17. The van der Waals surface area contributed by atoms with Gasteiger partial charge in [0, 0.05) is 11.5 Å². The van der Waals surface area contributed by atoms with Crippen LogP contribution in [0.1, 0.15) is 41.4 Å². The summed E-state index contributed by atoms with van der Waals surface area (Å²) in [5.74, 6) is 0.567. The maximum Gasteiger partial charge on any atom is 0.335 e. The van der Waals surface area contributed by atoms with E-state index in [1.165, 1.54) is 12.5 Å². The van der Waals surface area contributed by atoms with Gasteiger partial charge < -0.3 is 9.63 Å². The number of carboxylic acid groups (broad SMARTS) is 1. The standard InChI is InChI=1S/C13H12N2O3/c16-13(17)10-6-2-5-9(7-10)12-14-11(15-18-12)8-3-1-4-8/h2,5-8H,1,3-4H2,(H,16,17). The first kappa shape index (κ1) is 11.0. The molecule has 1 saturated carbocycles. The summed E-state index contributed by atoms with van der Waals surface area (Å²) >= 11 is 0. The van der Waals surface area contributed by atoms with E-state index in [4.69, 9.17) is 9.63 Å². The summed E-state index contributed by atoms with van der Waals surface area (Å²) in [5.41, 5.74) is 0.865.